The molecule has 3 rings (SSSR count). The van der Waals surface area contributed by atoms with Gasteiger partial charge in [0.25, 0.3) is 5.91 Å². The lowest BCUT2D eigenvalue weighted by Crippen LogP contribution is -2.32. The van der Waals surface area contributed by atoms with E-state index in [1.165, 1.54) is 0 Å². The molecule has 24 heavy (non-hydrogen) atoms. The van der Waals surface area contributed by atoms with Crippen LogP contribution in [0.25, 0.3) is 11.3 Å². The summed E-state index contributed by atoms with van der Waals surface area (Å²) in [7, 11) is 0. The second-order valence-corrected chi connectivity index (χ2v) is 5.48. The molecule has 3 aromatic rings. The van der Waals surface area contributed by atoms with Crippen molar-refractivity contribution in [3.8, 4) is 11.3 Å². The number of furan rings is 1. The number of aliphatic hydroxyl groups excluding tert-OH is 1. The average molecular weight is 326 g/mol. The summed E-state index contributed by atoms with van der Waals surface area (Å²) in [6.07, 6.45) is 2.14. The van der Waals surface area contributed by atoms with E-state index in [1.807, 2.05) is 36.4 Å². The zero-order valence-electron chi connectivity index (χ0n) is 13.0. The van der Waals surface area contributed by atoms with Crippen LogP contribution in [0.3, 0.4) is 0 Å². The van der Waals surface area contributed by atoms with Gasteiger partial charge in [-0.1, -0.05) is 35.5 Å². The number of benzene rings is 1. The largest absolute Gasteiger partial charge is 0.469 e. The molecule has 0 fully saturated rings. The molecule has 2 N–H and O–H groups in total. The Bertz CT molecular complexity index is 765. The maximum atomic E-state index is 12.2. The molecule has 6 heteroatoms. The number of rotatable bonds is 7. The van der Waals surface area contributed by atoms with Gasteiger partial charge in [0.2, 0.25) is 0 Å². The van der Waals surface area contributed by atoms with Crippen molar-refractivity contribution in [2.24, 2.45) is 5.92 Å². The van der Waals surface area contributed by atoms with Gasteiger partial charge in [0.15, 0.2) is 11.5 Å². The lowest BCUT2D eigenvalue weighted by Gasteiger charge is -2.12. The van der Waals surface area contributed by atoms with E-state index in [2.05, 4.69) is 10.5 Å². The van der Waals surface area contributed by atoms with Gasteiger partial charge in [0.1, 0.15) is 5.76 Å². The summed E-state index contributed by atoms with van der Waals surface area (Å²) in [4.78, 5) is 12.2. The molecular formula is C18H18N2O4. The summed E-state index contributed by atoms with van der Waals surface area (Å²) in [6.45, 7) is 0.276. The van der Waals surface area contributed by atoms with Crippen molar-refractivity contribution < 1.29 is 18.8 Å². The number of nitrogens with one attached hydrogen (secondary N) is 1. The van der Waals surface area contributed by atoms with Crippen molar-refractivity contribution in [1.82, 2.24) is 10.5 Å². The van der Waals surface area contributed by atoms with E-state index in [9.17, 15) is 9.90 Å². The highest BCUT2D eigenvalue weighted by molar-refractivity contribution is 5.93. The summed E-state index contributed by atoms with van der Waals surface area (Å²) in [6, 6.07) is 14.7. The standard InChI is InChI=1S/C18H18N2O4/c21-12-13(9-15-7-4-8-23-15)11-19-18(22)16-10-17(24-20-16)14-5-2-1-3-6-14/h1-8,10,13,21H,9,11-12H2,(H,19,22)/t13-/m0/s1. The van der Waals surface area contributed by atoms with Crippen molar-refractivity contribution in [1.29, 1.82) is 0 Å². The van der Waals surface area contributed by atoms with Crippen LogP contribution >= 0.6 is 0 Å². The zero-order valence-corrected chi connectivity index (χ0v) is 13.0. The van der Waals surface area contributed by atoms with Crippen LogP contribution < -0.4 is 5.32 Å². The highest BCUT2D eigenvalue weighted by atomic mass is 16.5. The summed E-state index contributed by atoms with van der Waals surface area (Å²) in [5.74, 6) is 0.852. The van der Waals surface area contributed by atoms with E-state index >= 15 is 0 Å². The molecule has 0 aliphatic heterocycles. The Labute approximate surface area is 139 Å². The molecule has 0 bridgehead atoms. The second-order valence-electron chi connectivity index (χ2n) is 5.48. The molecule has 1 amide bonds. The SMILES string of the molecule is O=C(NC[C@@H](CO)Cc1ccco1)c1cc(-c2ccccc2)on1. The van der Waals surface area contributed by atoms with E-state index < -0.39 is 0 Å². The minimum Gasteiger partial charge on any atom is -0.469 e. The van der Waals surface area contributed by atoms with Crippen LogP contribution in [0.1, 0.15) is 16.2 Å². The monoisotopic (exact) mass is 326 g/mol. The minimum atomic E-state index is -0.334. The van der Waals surface area contributed by atoms with Crippen molar-refractivity contribution in [2.45, 2.75) is 6.42 Å². The van der Waals surface area contributed by atoms with Crippen molar-refractivity contribution in [3.05, 3.63) is 66.2 Å². The number of aliphatic hydroxyl groups is 1. The van der Waals surface area contributed by atoms with Crippen LogP contribution in [-0.2, 0) is 6.42 Å². The average Bonchev–Trinajstić information content (AvgIpc) is 3.31. The highest BCUT2D eigenvalue weighted by Crippen LogP contribution is 2.19. The maximum absolute atomic E-state index is 12.2. The fourth-order valence-electron chi connectivity index (χ4n) is 2.36. The number of carbonyl (C=O) groups is 1. The molecule has 1 aromatic carbocycles. The number of carbonyl (C=O) groups excluding carboxylic acids is 1. The van der Waals surface area contributed by atoms with Crippen molar-refractivity contribution >= 4 is 5.91 Å². The van der Waals surface area contributed by atoms with Gasteiger partial charge in [0, 0.05) is 37.1 Å². The fraction of sp³-hybridized carbons (Fsp3) is 0.222. The second kappa shape index (κ2) is 7.61. The summed E-state index contributed by atoms with van der Waals surface area (Å²) in [5, 5.41) is 16.0. The molecule has 0 unspecified atom stereocenters. The molecule has 2 heterocycles. The molecule has 6 nitrogen and oxygen atoms in total. The van der Waals surface area contributed by atoms with Gasteiger partial charge >= 0.3 is 0 Å². The first-order valence-corrected chi connectivity index (χ1v) is 7.70. The molecule has 124 valence electrons. The molecule has 1 atom stereocenters. The molecule has 0 radical (unpaired) electrons. The van der Waals surface area contributed by atoms with Crippen LogP contribution in [0, 0.1) is 5.92 Å². The van der Waals surface area contributed by atoms with Crippen molar-refractivity contribution in [2.75, 3.05) is 13.2 Å². The van der Waals surface area contributed by atoms with Gasteiger partial charge in [-0.15, -0.1) is 0 Å². The van der Waals surface area contributed by atoms with Gasteiger partial charge < -0.3 is 19.4 Å². The Kier molecular flexibility index (Phi) is 5.08. The first-order valence-electron chi connectivity index (χ1n) is 7.70. The van der Waals surface area contributed by atoms with E-state index in [0.29, 0.717) is 18.7 Å². The third kappa shape index (κ3) is 3.91. The van der Waals surface area contributed by atoms with E-state index in [1.54, 1.807) is 18.4 Å². The van der Waals surface area contributed by atoms with Gasteiger partial charge in [-0.2, -0.15) is 0 Å². The first-order chi connectivity index (χ1) is 11.8. The van der Waals surface area contributed by atoms with Gasteiger partial charge in [-0.3, -0.25) is 4.79 Å². The smallest absolute Gasteiger partial charge is 0.273 e. The maximum Gasteiger partial charge on any atom is 0.273 e. The third-order valence-corrected chi connectivity index (χ3v) is 3.68. The Morgan fingerprint density at radius 2 is 2.04 bits per heavy atom. The molecule has 0 aliphatic carbocycles. The minimum absolute atomic E-state index is 0.0466. The molecule has 0 aliphatic rings. The van der Waals surface area contributed by atoms with Gasteiger partial charge in [-0.05, 0) is 12.1 Å². The quantitative estimate of drug-likeness (QED) is 0.696. The van der Waals surface area contributed by atoms with E-state index in [0.717, 1.165) is 11.3 Å². The van der Waals surface area contributed by atoms with Crippen LogP contribution in [0.2, 0.25) is 0 Å². The van der Waals surface area contributed by atoms with Gasteiger partial charge in [-0.25, -0.2) is 0 Å². The first kappa shape index (κ1) is 16.0. The molecule has 0 spiro atoms. The Hall–Kier alpha value is -2.86. The zero-order chi connectivity index (χ0) is 16.8. The van der Waals surface area contributed by atoms with Crippen LogP contribution in [0.15, 0.2) is 63.7 Å². The number of amides is 1. The predicted molar refractivity (Wildman–Crippen MR) is 87.3 cm³/mol. The summed E-state index contributed by atoms with van der Waals surface area (Å²) >= 11 is 0. The molecule has 0 saturated carbocycles. The number of hydrogen-bond acceptors (Lipinski definition) is 5. The van der Waals surface area contributed by atoms with Crippen LogP contribution in [-0.4, -0.2) is 29.3 Å². The fourth-order valence-corrected chi connectivity index (χ4v) is 2.36. The molecule has 2 aromatic heterocycles. The predicted octanol–water partition coefficient (Wildman–Crippen LogP) is 2.52. The summed E-state index contributed by atoms with van der Waals surface area (Å²) in [5.41, 5.74) is 1.07. The van der Waals surface area contributed by atoms with Crippen molar-refractivity contribution in [3.63, 3.8) is 0 Å². The number of aromatic nitrogens is 1. The Morgan fingerprint density at radius 3 is 2.75 bits per heavy atom. The van der Waals surface area contributed by atoms with Crippen LogP contribution in [0.5, 0.6) is 0 Å². The number of nitrogens with zero attached hydrogens (tertiary/aromatic N) is 1. The topological polar surface area (TPSA) is 88.5 Å². The Balaban J connectivity index is 1.58. The normalized spacial score (nSPS) is 12.0. The molecule has 0 saturated heterocycles. The lowest BCUT2D eigenvalue weighted by atomic mass is 10.1. The lowest BCUT2D eigenvalue weighted by molar-refractivity contribution is 0.0930. The van der Waals surface area contributed by atoms with Crippen LogP contribution in [0.4, 0.5) is 0 Å². The van der Waals surface area contributed by atoms with E-state index in [4.69, 9.17) is 8.94 Å². The van der Waals surface area contributed by atoms with E-state index in [-0.39, 0.29) is 24.1 Å². The number of hydrogen-bond donors (Lipinski definition) is 2. The summed E-state index contributed by atoms with van der Waals surface area (Å²) < 4.78 is 10.5. The van der Waals surface area contributed by atoms with Gasteiger partial charge in [0.05, 0.1) is 6.26 Å². The Morgan fingerprint density at radius 1 is 1.21 bits per heavy atom. The highest BCUT2D eigenvalue weighted by Gasteiger charge is 2.16. The third-order valence-electron chi connectivity index (χ3n) is 3.68. The molecular weight excluding hydrogens is 308 g/mol.